The maximum atomic E-state index is 9.80. The molecule has 0 aromatic carbocycles. The highest BCUT2D eigenvalue weighted by Crippen LogP contribution is 1.93. The maximum absolute atomic E-state index is 9.80. The van der Waals surface area contributed by atoms with Crippen LogP contribution in [0.15, 0.2) is 17.3 Å². The fraction of sp³-hybridized carbons (Fsp3) is 0.600. The number of hydrogen-bond acceptors (Lipinski definition) is 3. The molecule has 1 N–H and O–H groups in total. The second-order valence-electron chi connectivity index (χ2n) is 2.75. The predicted octanol–water partition coefficient (Wildman–Crippen LogP) is 1.39. The first-order chi connectivity index (χ1) is 6.65. The lowest BCUT2D eigenvalue weighted by Crippen LogP contribution is -2.21. The van der Waals surface area contributed by atoms with E-state index in [1.54, 1.807) is 0 Å². The van der Waals surface area contributed by atoms with Crippen molar-refractivity contribution < 1.29 is 9.90 Å². The molecule has 0 saturated heterocycles. The van der Waals surface area contributed by atoms with Crippen LogP contribution in [0.2, 0.25) is 0 Å². The van der Waals surface area contributed by atoms with E-state index in [1.165, 1.54) is 31.9 Å². The van der Waals surface area contributed by atoms with Crippen LogP contribution in [0, 0.1) is 0 Å². The number of carbonyl (C=O) groups is 1. The smallest absolute Gasteiger partial charge is 0.354 e. The second kappa shape index (κ2) is 7.26. The zero-order chi connectivity index (χ0) is 11.0. The quantitative estimate of drug-likeness (QED) is 0.742. The Morgan fingerprint density at radius 1 is 1.36 bits per heavy atom. The van der Waals surface area contributed by atoms with E-state index in [0.29, 0.717) is 0 Å². The second-order valence-corrected chi connectivity index (χ2v) is 2.75. The molecule has 0 aromatic rings. The van der Waals surface area contributed by atoms with Crippen LogP contribution in [0.4, 0.5) is 0 Å². The van der Waals surface area contributed by atoms with E-state index in [-0.39, 0.29) is 5.71 Å². The molecule has 0 amide bonds. The fourth-order valence-electron chi connectivity index (χ4n) is 0.946. The standard InChI is InChI=1S/C6H15N.C4H3NO2/c1-4-7(5-2)6-3;6-4(7)3-1-2-5-3/h4-6H2,1-3H3;1-2H,(H,6,7). The molecular formula is C10H18N2O2. The van der Waals surface area contributed by atoms with Crippen molar-refractivity contribution >= 4 is 11.7 Å². The molecule has 1 heterocycles. The van der Waals surface area contributed by atoms with Crippen molar-refractivity contribution in [3.8, 4) is 0 Å². The maximum Gasteiger partial charge on any atom is 0.354 e. The molecule has 1 aliphatic rings. The van der Waals surface area contributed by atoms with Crippen molar-refractivity contribution in [3.63, 3.8) is 0 Å². The first kappa shape index (κ1) is 12.8. The molecule has 0 bridgehead atoms. The minimum absolute atomic E-state index is 0.139. The normalized spacial score (nSPS) is 12.7. The van der Waals surface area contributed by atoms with Crippen LogP contribution in [0.5, 0.6) is 0 Å². The van der Waals surface area contributed by atoms with E-state index in [9.17, 15) is 4.79 Å². The third kappa shape index (κ3) is 4.77. The van der Waals surface area contributed by atoms with Crippen LogP contribution < -0.4 is 0 Å². The van der Waals surface area contributed by atoms with Gasteiger partial charge in [-0.1, -0.05) is 20.8 Å². The van der Waals surface area contributed by atoms with Gasteiger partial charge >= 0.3 is 5.97 Å². The highest BCUT2D eigenvalue weighted by molar-refractivity contribution is 6.42. The number of nitrogens with zero attached hydrogens (tertiary/aromatic N) is 2. The molecule has 0 saturated carbocycles. The van der Waals surface area contributed by atoms with Gasteiger partial charge in [0.1, 0.15) is 5.71 Å². The van der Waals surface area contributed by atoms with Crippen LogP contribution in [0.1, 0.15) is 20.8 Å². The molecule has 4 nitrogen and oxygen atoms in total. The van der Waals surface area contributed by atoms with Gasteiger partial charge in [0.25, 0.3) is 0 Å². The van der Waals surface area contributed by atoms with Gasteiger partial charge in [0.15, 0.2) is 0 Å². The van der Waals surface area contributed by atoms with Crippen molar-refractivity contribution in [2.45, 2.75) is 20.8 Å². The van der Waals surface area contributed by atoms with Gasteiger partial charge in [0.2, 0.25) is 0 Å². The lowest BCUT2D eigenvalue weighted by molar-refractivity contribution is -0.129. The SMILES string of the molecule is CCN(CC)CC.O=C(O)C1=NC=C1. The Labute approximate surface area is 84.9 Å². The van der Waals surface area contributed by atoms with Gasteiger partial charge < -0.3 is 10.0 Å². The Morgan fingerprint density at radius 2 is 1.79 bits per heavy atom. The van der Waals surface area contributed by atoms with Crippen LogP contribution >= 0.6 is 0 Å². The summed E-state index contributed by atoms with van der Waals surface area (Å²) < 4.78 is 0. The van der Waals surface area contributed by atoms with Crippen molar-refractivity contribution in [1.29, 1.82) is 0 Å². The van der Waals surface area contributed by atoms with Crippen LogP contribution in [0.3, 0.4) is 0 Å². The molecule has 0 fully saturated rings. The monoisotopic (exact) mass is 198 g/mol. The summed E-state index contributed by atoms with van der Waals surface area (Å²) in [5, 5.41) is 8.05. The first-order valence-electron chi connectivity index (χ1n) is 4.85. The Morgan fingerprint density at radius 3 is 1.79 bits per heavy atom. The van der Waals surface area contributed by atoms with Crippen LogP contribution in [-0.2, 0) is 4.79 Å². The van der Waals surface area contributed by atoms with Crippen molar-refractivity contribution in [1.82, 2.24) is 4.90 Å². The Balaban J connectivity index is 0.000000241. The molecule has 4 heteroatoms. The minimum Gasteiger partial charge on any atom is -0.477 e. The summed E-state index contributed by atoms with van der Waals surface area (Å²) in [5.41, 5.74) is 0.139. The van der Waals surface area contributed by atoms with Gasteiger partial charge in [-0.3, -0.25) is 0 Å². The molecule has 0 atom stereocenters. The molecular weight excluding hydrogens is 180 g/mol. The van der Waals surface area contributed by atoms with Crippen molar-refractivity contribution in [2.24, 2.45) is 4.99 Å². The summed E-state index contributed by atoms with van der Waals surface area (Å²) in [7, 11) is 0. The summed E-state index contributed by atoms with van der Waals surface area (Å²) in [4.78, 5) is 15.6. The van der Waals surface area contributed by atoms with Gasteiger partial charge in [-0.05, 0) is 25.7 Å². The molecule has 80 valence electrons. The zero-order valence-corrected chi connectivity index (χ0v) is 9.03. The molecule has 1 rings (SSSR count). The minimum atomic E-state index is -0.956. The summed E-state index contributed by atoms with van der Waals surface area (Å²) >= 11 is 0. The predicted molar refractivity (Wildman–Crippen MR) is 57.7 cm³/mol. The lowest BCUT2D eigenvalue weighted by Gasteiger charge is -2.13. The van der Waals surface area contributed by atoms with Gasteiger partial charge in [-0.2, -0.15) is 0 Å². The van der Waals surface area contributed by atoms with E-state index < -0.39 is 5.97 Å². The number of carboxylic acid groups (broad SMARTS) is 1. The number of hydrogen-bond donors (Lipinski definition) is 1. The van der Waals surface area contributed by atoms with Crippen LogP contribution in [-0.4, -0.2) is 41.3 Å². The summed E-state index contributed by atoms with van der Waals surface area (Å²) in [6.45, 7) is 10.1. The number of aliphatic imine (C=N–C) groups is 1. The number of aliphatic carboxylic acids is 1. The Kier molecular flexibility index (Phi) is 6.66. The van der Waals surface area contributed by atoms with Crippen LogP contribution in [0.25, 0.3) is 0 Å². The van der Waals surface area contributed by atoms with Crippen molar-refractivity contribution in [3.05, 3.63) is 12.3 Å². The molecule has 0 aliphatic carbocycles. The molecule has 0 aromatic heterocycles. The topological polar surface area (TPSA) is 52.9 Å². The first-order valence-corrected chi connectivity index (χ1v) is 4.85. The van der Waals surface area contributed by atoms with Crippen molar-refractivity contribution in [2.75, 3.05) is 19.6 Å². The Bertz CT molecular complexity index is 225. The van der Waals surface area contributed by atoms with Gasteiger partial charge in [0.05, 0.1) is 0 Å². The summed E-state index contributed by atoms with van der Waals surface area (Å²) in [6.07, 6.45) is 2.89. The summed E-state index contributed by atoms with van der Waals surface area (Å²) in [6, 6.07) is 0. The molecule has 0 spiro atoms. The fourth-order valence-corrected chi connectivity index (χ4v) is 0.946. The zero-order valence-electron chi connectivity index (χ0n) is 9.03. The molecule has 0 radical (unpaired) electrons. The lowest BCUT2D eigenvalue weighted by atomic mass is 10.3. The highest BCUT2D eigenvalue weighted by atomic mass is 16.4. The van der Waals surface area contributed by atoms with Gasteiger partial charge in [0, 0.05) is 6.20 Å². The van der Waals surface area contributed by atoms with E-state index in [1.807, 2.05) is 0 Å². The third-order valence-corrected chi connectivity index (χ3v) is 2.01. The average Bonchev–Trinajstić information content (AvgIpc) is 2.04. The average molecular weight is 198 g/mol. The molecule has 0 unspecified atom stereocenters. The third-order valence-electron chi connectivity index (χ3n) is 2.01. The number of carboxylic acids is 1. The largest absolute Gasteiger partial charge is 0.477 e. The number of rotatable bonds is 4. The van der Waals surface area contributed by atoms with E-state index in [4.69, 9.17) is 5.11 Å². The van der Waals surface area contributed by atoms with Gasteiger partial charge in [-0.15, -0.1) is 0 Å². The highest BCUT2D eigenvalue weighted by Gasteiger charge is 2.07. The molecule has 1 aliphatic heterocycles. The van der Waals surface area contributed by atoms with E-state index >= 15 is 0 Å². The van der Waals surface area contributed by atoms with Gasteiger partial charge in [-0.25, -0.2) is 9.79 Å². The molecule has 14 heavy (non-hydrogen) atoms. The van der Waals surface area contributed by atoms with E-state index in [2.05, 4.69) is 30.7 Å². The summed E-state index contributed by atoms with van der Waals surface area (Å²) in [5.74, 6) is -0.956. The Hall–Kier alpha value is -1.16. The van der Waals surface area contributed by atoms with E-state index in [0.717, 1.165) is 0 Å².